The van der Waals surface area contributed by atoms with Crippen LogP contribution in [0.2, 0.25) is 0 Å². The molecule has 6 heteroatoms. The zero-order chi connectivity index (χ0) is 16.3. The average Bonchev–Trinajstić information content (AvgIpc) is 2.33. The third-order valence-electron chi connectivity index (χ3n) is 3.25. The minimum Gasteiger partial charge on any atom is -0.388 e. The van der Waals surface area contributed by atoms with E-state index in [1.807, 2.05) is 25.9 Å². The lowest BCUT2D eigenvalue weighted by Crippen LogP contribution is -2.46. The van der Waals surface area contributed by atoms with E-state index in [4.69, 9.17) is 0 Å². The number of hydrogen-bond acceptors (Lipinski definition) is 5. The molecule has 2 atom stereocenters. The molecular formula is C15H26N2O3S. The fourth-order valence-corrected chi connectivity index (χ4v) is 2.86. The van der Waals surface area contributed by atoms with Crippen molar-refractivity contribution >= 4 is 9.84 Å². The molecule has 1 aromatic rings. The van der Waals surface area contributed by atoms with Crippen molar-refractivity contribution < 1.29 is 13.5 Å². The molecule has 0 saturated heterocycles. The predicted octanol–water partition coefficient (Wildman–Crippen LogP) is 1.05. The summed E-state index contributed by atoms with van der Waals surface area (Å²) in [6, 6.07) is 6.86. The van der Waals surface area contributed by atoms with Gasteiger partial charge in [0.05, 0.1) is 10.5 Å². The van der Waals surface area contributed by atoms with Crippen LogP contribution in [0.5, 0.6) is 0 Å². The van der Waals surface area contributed by atoms with Crippen molar-refractivity contribution in [3.05, 3.63) is 29.8 Å². The normalized spacial score (nSPS) is 16.7. The Labute approximate surface area is 127 Å². The van der Waals surface area contributed by atoms with Gasteiger partial charge in [0.25, 0.3) is 0 Å². The lowest BCUT2D eigenvalue weighted by Gasteiger charge is -2.29. The first-order chi connectivity index (χ1) is 9.51. The molecule has 0 radical (unpaired) electrons. The predicted molar refractivity (Wildman–Crippen MR) is 85.1 cm³/mol. The van der Waals surface area contributed by atoms with Crippen LogP contribution in [0.1, 0.15) is 25.5 Å². The van der Waals surface area contributed by atoms with E-state index in [2.05, 4.69) is 5.32 Å². The smallest absolute Gasteiger partial charge is 0.175 e. The Bertz CT molecular complexity index is 551. The van der Waals surface area contributed by atoms with Gasteiger partial charge in [0, 0.05) is 25.4 Å². The molecule has 1 rings (SSSR count). The summed E-state index contributed by atoms with van der Waals surface area (Å²) < 4.78 is 22.8. The van der Waals surface area contributed by atoms with Crippen LogP contribution < -0.4 is 5.32 Å². The van der Waals surface area contributed by atoms with Crippen LogP contribution in [-0.4, -0.2) is 57.5 Å². The summed E-state index contributed by atoms with van der Waals surface area (Å²) >= 11 is 0. The number of likely N-dealkylation sites (N-methyl/N-ethyl adjacent to an activating group) is 1. The molecule has 0 saturated carbocycles. The molecule has 0 fully saturated rings. The van der Waals surface area contributed by atoms with Gasteiger partial charge in [-0.05, 0) is 45.6 Å². The highest BCUT2D eigenvalue weighted by Crippen LogP contribution is 2.17. The largest absolute Gasteiger partial charge is 0.388 e. The molecule has 21 heavy (non-hydrogen) atoms. The van der Waals surface area contributed by atoms with E-state index in [0.29, 0.717) is 18.0 Å². The molecule has 0 spiro atoms. The second-order valence-electron chi connectivity index (χ2n) is 6.18. The van der Waals surface area contributed by atoms with E-state index >= 15 is 0 Å². The highest BCUT2D eigenvalue weighted by atomic mass is 32.2. The molecule has 0 bridgehead atoms. The van der Waals surface area contributed by atoms with Crippen LogP contribution in [0.4, 0.5) is 0 Å². The summed E-state index contributed by atoms with van der Waals surface area (Å²) in [7, 11) is 0.677. The first-order valence-electron chi connectivity index (χ1n) is 6.92. The lowest BCUT2D eigenvalue weighted by atomic mass is 10.0. The summed E-state index contributed by atoms with van der Waals surface area (Å²) in [6.07, 6.45) is 1.20. The molecule has 0 aliphatic heterocycles. The van der Waals surface area contributed by atoms with Gasteiger partial charge in [0.1, 0.15) is 0 Å². The molecule has 5 nitrogen and oxygen atoms in total. The number of rotatable bonds is 7. The Balaban J connectivity index is 2.66. The quantitative estimate of drug-likeness (QED) is 0.787. The Morgan fingerprint density at radius 3 is 2.24 bits per heavy atom. The fraction of sp³-hybridized carbons (Fsp3) is 0.600. The van der Waals surface area contributed by atoms with E-state index in [1.54, 1.807) is 31.2 Å². The molecule has 0 heterocycles. The molecule has 0 aliphatic rings. The Hall–Kier alpha value is -0.950. The van der Waals surface area contributed by atoms with Crippen molar-refractivity contribution in [2.45, 2.75) is 30.4 Å². The zero-order valence-electron chi connectivity index (χ0n) is 13.4. The van der Waals surface area contributed by atoms with Gasteiger partial charge in [-0.2, -0.15) is 0 Å². The van der Waals surface area contributed by atoms with Crippen LogP contribution in [0.3, 0.4) is 0 Å². The standard InChI is InChI=1S/C15H26N2O3S/c1-12(16-10-15(2,18)11-17(3)4)13-6-8-14(9-7-13)21(5,19)20/h6-9,12,16,18H,10-11H2,1-5H3. The maximum atomic E-state index is 11.4. The second kappa shape index (κ2) is 6.87. The topological polar surface area (TPSA) is 69.6 Å². The van der Waals surface area contributed by atoms with Crippen molar-refractivity contribution in [1.29, 1.82) is 0 Å². The van der Waals surface area contributed by atoms with E-state index in [-0.39, 0.29) is 6.04 Å². The van der Waals surface area contributed by atoms with Crippen molar-refractivity contribution in [3.63, 3.8) is 0 Å². The van der Waals surface area contributed by atoms with Gasteiger partial charge in [-0.1, -0.05) is 12.1 Å². The molecule has 0 aromatic heterocycles. The number of aliphatic hydroxyl groups is 1. The molecule has 1 aromatic carbocycles. The number of hydrogen-bond donors (Lipinski definition) is 2. The number of sulfone groups is 1. The lowest BCUT2D eigenvalue weighted by molar-refractivity contribution is 0.0317. The van der Waals surface area contributed by atoms with Gasteiger partial charge in [-0.3, -0.25) is 0 Å². The van der Waals surface area contributed by atoms with Gasteiger partial charge in [-0.25, -0.2) is 8.42 Å². The zero-order valence-corrected chi connectivity index (χ0v) is 14.2. The first kappa shape index (κ1) is 18.1. The Kier molecular flexibility index (Phi) is 5.92. The van der Waals surface area contributed by atoms with E-state index in [0.717, 1.165) is 5.56 Å². The summed E-state index contributed by atoms with van der Waals surface area (Å²) in [5, 5.41) is 13.5. The molecule has 120 valence electrons. The van der Waals surface area contributed by atoms with E-state index in [1.165, 1.54) is 6.26 Å². The molecule has 0 amide bonds. The second-order valence-corrected chi connectivity index (χ2v) is 8.19. The van der Waals surface area contributed by atoms with Crippen LogP contribution in [0, 0.1) is 0 Å². The Morgan fingerprint density at radius 2 is 1.81 bits per heavy atom. The van der Waals surface area contributed by atoms with Crippen LogP contribution >= 0.6 is 0 Å². The van der Waals surface area contributed by atoms with Gasteiger partial charge in [0.15, 0.2) is 9.84 Å². The molecular weight excluding hydrogens is 288 g/mol. The van der Waals surface area contributed by atoms with Gasteiger partial charge < -0.3 is 15.3 Å². The van der Waals surface area contributed by atoms with Crippen LogP contribution in [-0.2, 0) is 9.84 Å². The number of benzene rings is 1. The molecule has 2 N–H and O–H groups in total. The SMILES string of the molecule is CC(NCC(C)(O)CN(C)C)c1ccc(S(C)(=O)=O)cc1. The van der Waals surface area contributed by atoms with E-state index in [9.17, 15) is 13.5 Å². The molecule has 0 aliphatic carbocycles. The van der Waals surface area contributed by atoms with Gasteiger partial charge in [-0.15, -0.1) is 0 Å². The first-order valence-corrected chi connectivity index (χ1v) is 8.81. The fourth-order valence-electron chi connectivity index (χ4n) is 2.23. The minimum atomic E-state index is -3.16. The number of nitrogens with zero attached hydrogens (tertiary/aromatic N) is 1. The summed E-state index contributed by atoms with van der Waals surface area (Å²) in [4.78, 5) is 2.26. The van der Waals surface area contributed by atoms with E-state index < -0.39 is 15.4 Å². The summed E-state index contributed by atoms with van der Waals surface area (Å²) in [5.41, 5.74) is 0.174. The van der Waals surface area contributed by atoms with Crippen molar-refractivity contribution in [3.8, 4) is 0 Å². The summed E-state index contributed by atoms with van der Waals surface area (Å²) in [5.74, 6) is 0. The third kappa shape index (κ3) is 6.13. The van der Waals surface area contributed by atoms with Crippen molar-refractivity contribution in [2.24, 2.45) is 0 Å². The van der Waals surface area contributed by atoms with Crippen LogP contribution in [0.15, 0.2) is 29.2 Å². The average molecular weight is 314 g/mol. The van der Waals surface area contributed by atoms with Crippen molar-refractivity contribution in [2.75, 3.05) is 33.4 Å². The Morgan fingerprint density at radius 1 is 1.29 bits per heavy atom. The van der Waals surface area contributed by atoms with Gasteiger partial charge in [0.2, 0.25) is 0 Å². The molecule has 2 unspecified atom stereocenters. The highest BCUT2D eigenvalue weighted by Gasteiger charge is 2.22. The van der Waals surface area contributed by atoms with Gasteiger partial charge >= 0.3 is 0 Å². The van der Waals surface area contributed by atoms with Crippen LogP contribution in [0.25, 0.3) is 0 Å². The minimum absolute atomic E-state index is 0.0345. The number of nitrogens with one attached hydrogen (secondary N) is 1. The third-order valence-corrected chi connectivity index (χ3v) is 4.38. The highest BCUT2D eigenvalue weighted by molar-refractivity contribution is 7.90. The monoisotopic (exact) mass is 314 g/mol. The maximum absolute atomic E-state index is 11.4. The maximum Gasteiger partial charge on any atom is 0.175 e. The van der Waals surface area contributed by atoms with Crippen molar-refractivity contribution in [1.82, 2.24) is 10.2 Å². The summed E-state index contributed by atoms with van der Waals surface area (Å²) in [6.45, 7) is 4.81.